The fourth-order valence-electron chi connectivity index (χ4n) is 2.40. The third-order valence-electron chi connectivity index (χ3n) is 3.76. The normalized spacial score (nSPS) is 20.1. The predicted octanol–water partition coefficient (Wildman–Crippen LogP) is 3.68. The van der Waals surface area contributed by atoms with Crippen LogP contribution in [0.1, 0.15) is 38.2 Å². The van der Waals surface area contributed by atoms with Gasteiger partial charge in [-0.05, 0) is 49.4 Å². The summed E-state index contributed by atoms with van der Waals surface area (Å²) in [5, 5.41) is 0. The molecule has 1 aromatic carbocycles. The number of rotatable bonds is 7. The molecule has 1 aliphatic heterocycles. The average molecular weight is 342 g/mol. The number of halogens is 1. The highest BCUT2D eigenvalue weighted by Crippen LogP contribution is 2.24. The van der Waals surface area contributed by atoms with Gasteiger partial charge in [-0.25, -0.2) is 0 Å². The standard InChI is InChI=1S/C16H24BrNO2/c1-2-13(18)10-12-11-15(5-6-16(12)17)20-9-7-14-4-3-8-19-14/h5-6,11,13-14H,2-4,7-10,18H2,1H3. The topological polar surface area (TPSA) is 44.5 Å². The number of hydrogen-bond acceptors (Lipinski definition) is 3. The molecule has 0 aromatic heterocycles. The van der Waals surface area contributed by atoms with Crippen LogP contribution < -0.4 is 10.5 Å². The zero-order valence-corrected chi connectivity index (χ0v) is 13.7. The lowest BCUT2D eigenvalue weighted by atomic mass is 10.0. The van der Waals surface area contributed by atoms with Crippen LogP contribution in [0.2, 0.25) is 0 Å². The van der Waals surface area contributed by atoms with Gasteiger partial charge in [-0.3, -0.25) is 0 Å². The van der Waals surface area contributed by atoms with Crippen LogP contribution in [0.5, 0.6) is 5.75 Å². The monoisotopic (exact) mass is 341 g/mol. The van der Waals surface area contributed by atoms with Crippen molar-refractivity contribution in [1.29, 1.82) is 0 Å². The Morgan fingerprint density at radius 1 is 1.50 bits per heavy atom. The lowest BCUT2D eigenvalue weighted by molar-refractivity contribution is 0.0903. The highest BCUT2D eigenvalue weighted by atomic mass is 79.9. The van der Waals surface area contributed by atoms with Crippen molar-refractivity contribution in [3.05, 3.63) is 28.2 Å². The first-order chi connectivity index (χ1) is 9.69. The quantitative estimate of drug-likeness (QED) is 0.822. The molecular weight excluding hydrogens is 318 g/mol. The first kappa shape index (κ1) is 15.8. The first-order valence-electron chi connectivity index (χ1n) is 7.47. The minimum atomic E-state index is 0.202. The molecule has 20 heavy (non-hydrogen) atoms. The molecule has 0 spiro atoms. The van der Waals surface area contributed by atoms with E-state index in [-0.39, 0.29) is 6.04 Å². The molecule has 1 aromatic rings. The summed E-state index contributed by atoms with van der Waals surface area (Å²) in [4.78, 5) is 0. The van der Waals surface area contributed by atoms with Crippen LogP contribution in [0.15, 0.2) is 22.7 Å². The van der Waals surface area contributed by atoms with Gasteiger partial charge < -0.3 is 15.2 Å². The first-order valence-corrected chi connectivity index (χ1v) is 8.26. The highest BCUT2D eigenvalue weighted by molar-refractivity contribution is 9.10. The Kier molecular flexibility index (Phi) is 6.33. The molecule has 1 aliphatic rings. The maximum Gasteiger partial charge on any atom is 0.119 e. The molecule has 0 saturated carbocycles. The average Bonchev–Trinajstić information content (AvgIpc) is 2.95. The van der Waals surface area contributed by atoms with Crippen molar-refractivity contribution in [3.63, 3.8) is 0 Å². The molecule has 0 bridgehead atoms. The van der Waals surface area contributed by atoms with Crippen LogP contribution in [0, 0.1) is 0 Å². The molecule has 4 heteroatoms. The Labute approximate surface area is 130 Å². The molecule has 1 fully saturated rings. The van der Waals surface area contributed by atoms with E-state index in [4.69, 9.17) is 15.2 Å². The van der Waals surface area contributed by atoms with Crippen LogP contribution in [0.25, 0.3) is 0 Å². The predicted molar refractivity (Wildman–Crippen MR) is 85.2 cm³/mol. The van der Waals surface area contributed by atoms with E-state index in [1.807, 2.05) is 12.1 Å². The van der Waals surface area contributed by atoms with E-state index in [0.717, 1.165) is 36.1 Å². The fourth-order valence-corrected chi connectivity index (χ4v) is 2.81. The van der Waals surface area contributed by atoms with Gasteiger partial charge >= 0.3 is 0 Å². The number of ether oxygens (including phenoxy) is 2. The van der Waals surface area contributed by atoms with Crippen molar-refractivity contribution >= 4 is 15.9 Å². The van der Waals surface area contributed by atoms with Gasteiger partial charge in [0, 0.05) is 23.5 Å². The van der Waals surface area contributed by atoms with Crippen LogP contribution in [-0.2, 0) is 11.2 Å². The SMILES string of the molecule is CCC(N)Cc1cc(OCCC2CCCO2)ccc1Br. The largest absolute Gasteiger partial charge is 0.493 e. The van der Waals surface area contributed by atoms with Gasteiger partial charge in [0.2, 0.25) is 0 Å². The van der Waals surface area contributed by atoms with E-state index in [1.54, 1.807) is 0 Å². The molecule has 2 unspecified atom stereocenters. The fraction of sp³-hybridized carbons (Fsp3) is 0.625. The molecule has 0 aliphatic carbocycles. The molecular formula is C16H24BrNO2. The molecule has 0 amide bonds. The Morgan fingerprint density at radius 2 is 2.35 bits per heavy atom. The highest BCUT2D eigenvalue weighted by Gasteiger charge is 2.15. The summed E-state index contributed by atoms with van der Waals surface area (Å²) in [6, 6.07) is 6.34. The molecule has 1 heterocycles. The van der Waals surface area contributed by atoms with E-state index in [9.17, 15) is 0 Å². The maximum absolute atomic E-state index is 6.03. The van der Waals surface area contributed by atoms with Crippen molar-refractivity contribution in [2.75, 3.05) is 13.2 Å². The van der Waals surface area contributed by atoms with Crippen LogP contribution in [0.4, 0.5) is 0 Å². The lowest BCUT2D eigenvalue weighted by Gasteiger charge is -2.14. The molecule has 2 rings (SSSR count). The Balaban J connectivity index is 1.86. The van der Waals surface area contributed by atoms with E-state index in [0.29, 0.717) is 12.7 Å². The summed E-state index contributed by atoms with van der Waals surface area (Å²) in [5.41, 5.74) is 7.25. The summed E-state index contributed by atoms with van der Waals surface area (Å²) < 4.78 is 12.5. The molecule has 2 N–H and O–H groups in total. The third-order valence-corrected chi connectivity index (χ3v) is 4.53. The van der Waals surface area contributed by atoms with Gasteiger partial charge in [0.1, 0.15) is 5.75 Å². The van der Waals surface area contributed by atoms with Gasteiger partial charge in [-0.15, -0.1) is 0 Å². The molecule has 112 valence electrons. The minimum absolute atomic E-state index is 0.202. The van der Waals surface area contributed by atoms with Crippen molar-refractivity contribution < 1.29 is 9.47 Å². The number of hydrogen-bond donors (Lipinski definition) is 1. The second-order valence-corrected chi connectivity index (χ2v) is 6.25. The Morgan fingerprint density at radius 3 is 3.05 bits per heavy atom. The number of nitrogens with two attached hydrogens (primary N) is 1. The van der Waals surface area contributed by atoms with Crippen molar-refractivity contribution in [3.8, 4) is 5.75 Å². The minimum Gasteiger partial charge on any atom is -0.493 e. The molecule has 0 radical (unpaired) electrons. The van der Waals surface area contributed by atoms with E-state index in [1.165, 1.54) is 18.4 Å². The van der Waals surface area contributed by atoms with Gasteiger partial charge in [0.15, 0.2) is 0 Å². The summed E-state index contributed by atoms with van der Waals surface area (Å²) in [7, 11) is 0. The second-order valence-electron chi connectivity index (χ2n) is 5.40. The van der Waals surface area contributed by atoms with Crippen molar-refractivity contribution in [2.24, 2.45) is 5.73 Å². The summed E-state index contributed by atoms with van der Waals surface area (Å²) in [6.07, 6.45) is 5.57. The second kappa shape index (κ2) is 8.01. The van der Waals surface area contributed by atoms with Crippen LogP contribution in [-0.4, -0.2) is 25.4 Å². The number of benzene rings is 1. The Hall–Kier alpha value is -0.580. The summed E-state index contributed by atoms with van der Waals surface area (Å²) >= 11 is 3.58. The molecule has 1 saturated heterocycles. The van der Waals surface area contributed by atoms with E-state index >= 15 is 0 Å². The van der Waals surface area contributed by atoms with Crippen molar-refractivity contribution in [1.82, 2.24) is 0 Å². The van der Waals surface area contributed by atoms with E-state index < -0.39 is 0 Å². The summed E-state index contributed by atoms with van der Waals surface area (Å²) in [5.74, 6) is 0.921. The third kappa shape index (κ3) is 4.76. The maximum atomic E-state index is 6.03. The zero-order chi connectivity index (χ0) is 14.4. The smallest absolute Gasteiger partial charge is 0.119 e. The van der Waals surface area contributed by atoms with Gasteiger partial charge in [0.05, 0.1) is 12.7 Å². The van der Waals surface area contributed by atoms with Crippen LogP contribution >= 0.6 is 15.9 Å². The lowest BCUT2D eigenvalue weighted by Crippen LogP contribution is -2.21. The van der Waals surface area contributed by atoms with E-state index in [2.05, 4.69) is 28.9 Å². The van der Waals surface area contributed by atoms with Gasteiger partial charge in [-0.2, -0.15) is 0 Å². The molecule has 3 nitrogen and oxygen atoms in total. The van der Waals surface area contributed by atoms with Crippen molar-refractivity contribution in [2.45, 2.75) is 51.2 Å². The zero-order valence-electron chi connectivity index (χ0n) is 12.1. The van der Waals surface area contributed by atoms with Gasteiger partial charge in [-0.1, -0.05) is 22.9 Å². The van der Waals surface area contributed by atoms with Crippen LogP contribution in [0.3, 0.4) is 0 Å². The Bertz CT molecular complexity index is 419. The summed E-state index contributed by atoms with van der Waals surface area (Å²) in [6.45, 7) is 3.73. The molecule has 2 atom stereocenters. The van der Waals surface area contributed by atoms with Gasteiger partial charge in [0.25, 0.3) is 0 Å².